The summed E-state index contributed by atoms with van der Waals surface area (Å²) in [7, 11) is -3.48. The topological polar surface area (TPSA) is 76.1 Å². The molecule has 2 aliphatic rings. The van der Waals surface area contributed by atoms with Crippen LogP contribution in [0.4, 0.5) is 4.39 Å². The molecule has 8 heteroatoms. The monoisotopic (exact) mass is 359 g/mol. The molecule has 0 unspecified atom stereocenters. The maximum atomic E-state index is 12.8. The average molecular weight is 359 g/mol. The van der Waals surface area contributed by atoms with Crippen molar-refractivity contribution in [2.24, 2.45) is 11.3 Å². The first-order chi connectivity index (χ1) is 11.5. The molecule has 1 N–H and O–H groups in total. The second kappa shape index (κ2) is 6.95. The lowest BCUT2D eigenvalue weighted by molar-refractivity contribution is -0.0414. The zero-order valence-corrected chi connectivity index (χ0v) is 14.2. The van der Waals surface area contributed by atoms with E-state index in [-0.39, 0.29) is 36.1 Å². The van der Waals surface area contributed by atoms with Gasteiger partial charge >= 0.3 is 0 Å². The lowest BCUT2D eigenvalue weighted by Crippen LogP contribution is -2.41. The first kappa shape index (κ1) is 17.6. The van der Waals surface area contributed by atoms with Gasteiger partial charge in [0.05, 0.1) is 19.0 Å². The van der Waals surface area contributed by atoms with Crippen molar-refractivity contribution in [3.63, 3.8) is 0 Å². The second-order valence-corrected chi connectivity index (χ2v) is 8.54. The van der Waals surface area contributed by atoms with E-state index in [1.807, 2.05) is 0 Å². The second-order valence-electron chi connectivity index (χ2n) is 6.45. The first-order valence-electron chi connectivity index (χ1n) is 8.00. The standard InChI is InChI=1S/C16H22FNO5S/c17-14-1-3-15(4-2-14)23-7-8-24(20,21)18-9-13-10-22-6-5-16(13,11-18)12-19/h1-4,13,19H,5-12H2/t13-,16-/m1/s1. The molecule has 0 radical (unpaired) electrons. The van der Waals surface area contributed by atoms with E-state index >= 15 is 0 Å². The fourth-order valence-electron chi connectivity index (χ4n) is 3.39. The van der Waals surface area contributed by atoms with Crippen molar-refractivity contribution in [1.82, 2.24) is 4.31 Å². The van der Waals surface area contributed by atoms with Crippen molar-refractivity contribution in [2.45, 2.75) is 6.42 Å². The highest BCUT2D eigenvalue weighted by molar-refractivity contribution is 7.89. The Labute approximate surface area is 141 Å². The van der Waals surface area contributed by atoms with Crippen LogP contribution in [0.3, 0.4) is 0 Å². The van der Waals surface area contributed by atoms with E-state index in [0.717, 1.165) is 0 Å². The normalized spacial score (nSPS) is 27.8. The van der Waals surface area contributed by atoms with Gasteiger partial charge < -0.3 is 14.6 Å². The van der Waals surface area contributed by atoms with Gasteiger partial charge in [-0.05, 0) is 30.7 Å². The molecule has 2 saturated heterocycles. The van der Waals surface area contributed by atoms with Gasteiger partial charge in [-0.25, -0.2) is 17.1 Å². The van der Waals surface area contributed by atoms with Crippen LogP contribution in [-0.2, 0) is 14.8 Å². The zero-order chi connectivity index (χ0) is 17.2. The highest BCUT2D eigenvalue weighted by Crippen LogP contribution is 2.42. The summed E-state index contributed by atoms with van der Waals surface area (Å²) in [4.78, 5) is 0. The molecule has 2 fully saturated rings. The summed E-state index contributed by atoms with van der Waals surface area (Å²) >= 11 is 0. The van der Waals surface area contributed by atoms with Crippen molar-refractivity contribution in [1.29, 1.82) is 0 Å². The molecule has 1 aromatic rings. The number of hydrogen-bond acceptors (Lipinski definition) is 5. The molecule has 0 spiro atoms. The van der Waals surface area contributed by atoms with Gasteiger partial charge in [-0.1, -0.05) is 0 Å². The molecule has 2 atom stereocenters. The van der Waals surface area contributed by atoms with Crippen LogP contribution in [0.15, 0.2) is 24.3 Å². The molecular weight excluding hydrogens is 337 g/mol. The maximum absolute atomic E-state index is 12.8. The number of nitrogens with zero attached hydrogens (tertiary/aromatic N) is 1. The fourth-order valence-corrected chi connectivity index (χ4v) is 4.81. The molecule has 134 valence electrons. The molecule has 3 rings (SSSR count). The minimum Gasteiger partial charge on any atom is -0.492 e. The van der Waals surface area contributed by atoms with Crippen LogP contribution in [-0.4, -0.2) is 63.1 Å². The third-order valence-corrected chi connectivity index (χ3v) is 6.72. The molecule has 0 aromatic heterocycles. The number of halogens is 1. The van der Waals surface area contributed by atoms with Crippen molar-refractivity contribution in [2.75, 3.05) is 45.3 Å². The number of benzene rings is 1. The van der Waals surface area contributed by atoms with Gasteiger partial charge in [-0.15, -0.1) is 0 Å². The Morgan fingerprint density at radius 3 is 2.79 bits per heavy atom. The van der Waals surface area contributed by atoms with E-state index in [4.69, 9.17) is 9.47 Å². The lowest BCUT2D eigenvalue weighted by Gasteiger charge is -2.36. The molecular formula is C16H22FNO5S. The molecule has 0 saturated carbocycles. The van der Waals surface area contributed by atoms with Crippen molar-refractivity contribution in [3.8, 4) is 5.75 Å². The summed E-state index contributed by atoms with van der Waals surface area (Å²) in [5.41, 5.74) is -0.386. The molecule has 0 aliphatic carbocycles. The SMILES string of the molecule is O=S(=O)(CCOc1ccc(F)cc1)N1C[C@@H]2COCC[C@]2(CO)C1. The molecule has 1 aromatic carbocycles. The minimum atomic E-state index is -3.48. The molecule has 0 amide bonds. The van der Waals surface area contributed by atoms with Gasteiger partial charge in [0.2, 0.25) is 10.0 Å². The van der Waals surface area contributed by atoms with Crippen LogP contribution in [0.2, 0.25) is 0 Å². The van der Waals surface area contributed by atoms with Crippen LogP contribution < -0.4 is 4.74 Å². The Kier molecular flexibility index (Phi) is 5.10. The van der Waals surface area contributed by atoms with E-state index in [0.29, 0.717) is 38.5 Å². The Morgan fingerprint density at radius 1 is 1.38 bits per heavy atom. The summed E-state index contributed by atoms with van der Waals surface area (Å²) in [6, 6.07) is 5.45. The van der Waals surface area contributed by atoms with Crippen molar-refractivity contribution in [3.05, 3.63) is 30.1 Å². The molecule has 2 heterocycles. The first-order valence-corrected chi connectivity index (χ1v) is 9.61. The largest absolute Gasteiger partial charge is 0.492 e. The Bertz CT molecular complexity index is 666. The predicted octanol–water partition coefficient (Wildman–Crippen LogP) is 0.865. The summed E-state index contributed by atoms with van der Waals surface area (Å²) in [5.74, 6) is -0.0588. The summed E-state index contributed by atoms with van der Waals surface area (Å²) < 4.78 is 50.2. The smallest absolute Gasteiger partial charge is 0.217 e. The highest BCUT2D eigenvalue weighted by atomic mass is 32.2. The fraction of sp³-hybridized carbons (Fsp3) is 0.625. The third-order valence-electron chi connectivity index (χ3n) is 4.98. The Hall–Kier alpha value is -1.22. The number of rotatable bonds is 6. The molecule has 0 bridgehead atoms. The van der Waals surface area contributed by atoms with Gasteiger partial charge in [0.25, 0.3) is 0 Å². The quantitative estimate of drug-likeness (QED) is 0.816. The van der Waals surface area contributed by atoms with Crippen molar-refractivity contribution < 1.29 is 27.4 Å². The third kappa shape index (κ3) is 3.56. The van der Waals surface area contributed by atoms with E-state index < -0.39 is 10.0 Å². The number of aliphatic hydroxyl groups excluding tert-OH is 1. The van der Waals surface area contributed by atoms with Crippen molar-refractivity contribution >= 4 is 10.0 Å². The van der Waals surface area contributed by atoms with Gasteiger partial charge in [0, 0.05) is 31.0 Å². The summed E-state index contributed by atoms with van der Waals surface area (Å²) in [5, 5.41) is 9.75. The molecule has 2 aliphatic heterocycles. The number of aliphatic hydroxyl groups is 1. The van der Waals surface area contributed by atoms with Crippen LogP contribution in [0.1, 0.15) is 6.42 Å². The van der Waals surface area contributed by atoms with Crippen LogP contribution in [0, 0.1) is 17.2 Å². The van der Waals surface area contributed by atoms with E-state index in [1.165, 1.54) is 28.6 Å². The van der Waals surface area contributed by atoms with Crippen LogP contribution in [0.5, 0.6) is 5.75 Å². The van der Waals surface area contributed by atoms with Gasteiger partial charge in [-0.3, -0.25) is 0 Å². The average Bonchev–Trinajstić information content (AvgIpc) is 2.98. The number of fused-ring (bicyclic) bond motifs is 1. The summed E-state index contributed by atoms with van der Waals surface area (Å²) in [6.07, 6.45) is 0.673. The van der Waals surface area contributed by atoms with Gasteiger partial charge in [-0.2, -0.15) is 0 Å². The van der Waals surface area contributed by atoms with Gasteiger partial charge in [0.15, 0.2) is 0 Å². The van der Waals surface area contributed by atoms with E-state index in [1.54, 1.807) is 0 Å². The maximum Gasteiger partial charge on any atom is 0.217 e. The number of sulfonamides is 1. The number of hydrogen-bond donors (Lipinski definition) is 1. The van der Waals surface area contributed by atoms with Crippen LogP contribution in [0.25, 0.3) is 0 Å². The van der Waals surface area contributed by atoms with E-state index in [2.05, 4.69) is 0 Å². The van der Waals surface area contributed by atoms with Crippen LogP contribution >= 0.6 is 0 Å². The minimum absolute atomic E-state index is 0.00222. The lowest BCUT2D eigenvalue weighted by atomic mass is 9.75. The number of ether oxygens (including phenoxy) is 2. The highest BCUT2D eigenvalue weighted by Gasteiger charge is 2.50. The zero-order valence-electron chi connectivity index (χ0n) is 13.4. The Morgan fingerprint density at radius 2 is 2.12 bits per heavy atom. The molecule has 24 heavy (non-hydrogen) atoms. The van der Waals surface area contributed by atoms with E-state index in [9.17, 15) is 17.9 Å². The Balaban J connectivity index is 1.58. The van der Waals surface area contributed by atoms with Gasteiger partial charge in [0.1, 0.15) is 18.2 Å². The molecule has 6 nitrogen and oxygen atoms in total. The predicted molar refractivity (Wildman–Crippen MR) is 85.7 cm³/mol. The summed E-state index contributed by atoms with van der Waals surface area (Å²) in [6.45, 7) is 1.71.